The monoisotopic (exact) mass is 689 g/mol. The van der Waals surface area contributed by atoms with Gasteiger partial charge in [-0.15, -0.1) is 0 Å². The highest BCUT2D eigenvalue weighted by molar-refractivity contribution is 6.29. The van der Waals surface area contributed by atoms with Gasteiger partial charge in [-0.2, -0.15) is 31.4 Å². The molecule has 2 fully saturated rings. The average Bonchev–Trinajstić information content (AvgIpc) is 3.74. The molecule has 16 heteroatoms. The van der Waals surface area contributed by atoms with E-state index in [0.29, 0.717) is 44.7 Å². The average molecular weight is 690 g/mol. The highest BCUT2D eigenvalue weighted by atomic mass is 35.5. The quantitative estimate of drug-likeness (QED) is 0.239. The number of alkyl halides is 6. The summed E-state index contributed by atoms with van der Waals surface area (Å²) in [7, 11) is 0. The molecule has 2 unspecified atom stereocenters. The van der Waals surface area contributed by atoms with Crippen LogP contribution in [0.2, 0.25) is 5.15 Å². The van der Waals surface area contributed by atoms with Gasteiger partial charge in [-0.25, -0.2) is 14.5 Å². The number of aromatic nitrogens is 5. The molecule has 0 radical (unpaired) electrons. The Labute approximate surface area is 273 Å². The molecule has 0 saturated carbocycles. The first kappa shape index (κ1) is 35.0. The van der Waals surface area contributed by atoms with Gasteiger partial charge in [-0.1, -0.05) is 38.3 Å². The molecule has 3 aliphatic rings. The first-order chi connectivity index (χ1) is 22.2. The van der Waals surface area contributed by atoms with Crippen molar-refractivity contribution < 1.29 is 35.9 Å². The smallest absolute Gasteiger partial charge is 0.336 e. The van der Waals surface area contributed by atoms with Crippen molar-refractivity contribution >= 4 is 29.1 Å². The zero-order valence-electron chi connectivity index (χ0n) is 26.3. The van der Waals surface area contributed by atoms with Gasteiger partial charge in [0.15, 0.2) is 17.0 Å². The topological polar surface area (TPSA) is 88.6 Å². The molecular weight excluding hydrogens is 652 g/mol. The van der Waals surface area contributed by atoms with Crippen molar-refractivity contribution in [2.75, 3.05) is 13.1 Å². The molecule has 2 amide bonds. The molecule has 3 aromatic heterocycles. The number of amides is 2. The van der Waals surface area contributed by atoms with Gasteiger partial charge in [0.25, 0.3) is 0 Å². The van der Waals surface area contributed by atoms with E-state index >= 15 is 0 Å². The van der Waals surface area contributed by atoms with Crippen molar-refractivity contribution in [3.8, 4) is 0 Å². The summed E-state index contributed by atoms with van der Waals surface area (Å²) in [5.74, 6) is 0.787. The largest absolute Gasteiger partial charge is 0.435 e. The SMILES string of the molecule is CCCC1CC(=O)N(Cc2c(C(F)(F)F)nc3ccc(Cl)nn23)C1.CCCC1CC(=O)N(Cc2c(C(F)(F)F)nc3n2CCCC3)C1. The van der Waals surface area contributed by atoms with Gasteiger partial charge in [0, 0.05) is 38.9 Å². The number of carbonyl (C=O) groups is 2. The summed E-state index contributed by atoms with van der Waals surface area (Å²) in [5.41, 5.74) is -1.77. The predicted molar refractivity (Wildman–Crippen MR) is 160 cm³/mol. The van der Waals surface area contributed by atoms with Crippen LogP contribution in [0, 0.1) is 11.8 Å². The molecule has 0 aliphatic carbocycles. The Morgan fingerprint density at radius 1 is 0.809 bits per heavy atom. The van der Waals surface area contributed by atoms with E-state index in [0.717, 1.165) is 43.0 Å². The molecule has 9 nitrogen and oxygen atoms in total. The summed E-state index contributed by atoms with van der Waals surface area (Å²) in [5, 5.41) is 3.98. The van der Waals surface area contributed by atoms with Crippen LogP contribution in [0.4, 0.5) is 26.3 Å². The lowest BCUT2D eigenvalue weighted by Gasteiger charge is -2.21. The molecule has 6 heterocycles. The van der Waals surface area contributed by atoms with E-state index in [-0.39, 0.29) is 58.9 Å². The third-order valence-electron chi connectivity index (χ3n) is 8.92. The van der Waals surface area contributed by atoms with Crippen LogP contribution in [0.15, 0.2) is 12.1 Å². The number of hydrogen-bond donors (Lipinski definition) is 0. The normalized spacial score (nSPS) is 20.3. The molecule has 258 valence electrons. The Kier molecular flexibility index (Phi) is 10.4. The molecule has 2 saturated heterocycles. The number of carbonyl (C=O) groups excluding carboxylic acids is 2. The Morgan fingerprint density at radius 2 is 1.36 bits per heavy atom. The van der Waals surface area contributed by atoms with E-state index in [1.807, 2.05) is 6.92 Å². The maximum atomic E-state index is 13.3. The fourth-order valence-corrected chi connectivity index (χ4v) is 6.98. The van der Waals surface area contributed by atoms with Crippen LogP contribution >= 0.6 is 11.6 Å². The van der Waals surface area contributed by atoms with Gasteiger partial charge in [0.05, 0.1) is 24.5 Å². The first-order valence-corrected chi connectivity index (χ1v) is 16.4. The molecule has 2 atom stereocenters. The van der Waals surface area contributed by atoms with Crippen molar-refractivity contribution in [3.05, 3.63) is 45.9 Å². The summed E-state index contributed by atoms with van der Waals surface area (Å²) in [6, 6.07) is 2.76. The molecule has 3 aliphatic heterocycles. The van der Waals surface area contributed by atoms with Crippen LogP contribution in [0.3, 0.4) is 0 Å². The minimum Gasteiger partial charge on any atom is -0.336 e. The Balaban J connectivity index is 0.000000185. The van der Waals surface area contributed by atoms with Crippen molar-refractivity contribution in [2.45, 2.75) is 104 Å². The van der Waals surface area contributed by atoms with Gasteiger partial charge in [-0.3, -0.25) is 9.59 Å². The van der Waals surface area contributed by atoms with Crippen molar-refractivity contribution in [2.24, 2.45) is 11.8 Å². The lowest BCUT2D eigenvalue weighted by molar-refractivity contribution is -0.143. The van der Waals surface area contributed by atoms with Crippen LogP contribution in [0.25, 0.3) is 5.65 Å². The number of imidazole rings is 2. The molecule has 47 heavy (non-hydrogen) atoms. The predicted octanol–water partition coefficient (Wildman–Crippen LogP) is 6.94. The van der Waals surface area contributed by atoms with Gasteiger partial charge in [0.2, 0.25) is 11.8 Å². The van der Waals surface area contributed by atoms with Crippen LogP contribution in [0.5, 0.6) is 0 Å². The van der Waals surface area contributed by atoms with Gasteiger partial charge >= 0.3 is 12.4 Å². The maximum Gasteiger partial charge on any atom is 0.435 e. The molecule has 0 N–H and O–H groups in total. The van der Waals surface area contributed by atoms with Crippen molar-refractivity contribution in [3.63, 3.8) is 0 Å². The van der Waals surface area contributed by atoms with Crippen LogP contribution in [-0.2, 0) is 48.0 Å². The van der Waals surface area contributed by atoms with Gasteiger partial charge < -0.3 is 14.4 Å². The Morgan fingerprint density at radius 3 is 1.91 bits per heavy atom. The summed E-state index contributed by atoms with van der Waals surface area (Å²) >= 11 is 5.80. The van der Waals surface area contributed by atoms with Gasteiger partial charge in [0.1, 0.15) is 11.0 Å². The van der Waals surface area contributed by atoms with E-state index in [4.69, 9.17) is 11.6 Å². The van der Waals surface area contributed by atoms with E-state index in [1.165, 1.54) is 17.0 Å². The van der Waals surface area contributed by atoms with Gasteiger partial charge in [-0.05, 0) is 49.7 Å². The molecule has 6 rings (SSSR count). The van der Waals surface area contributed by atoms with Crippen molar-refractivity contribution in [1.29, 1.82) is 0 Å². The second kappa shape index (κ2) is 14.0. The minimum atomic E-state index is -4.62. The second-order valence-corrected chi connectivity index (χ2v) is 12.9. The molecule has 0 bridgehead atoms. The minimum absolute atomic E-state index is 0.0287. The van der Waals surface area contributed by atoms with Crippen LogP contribution in [-0.4, -0.2) is 58.9 Å². The number of nitrogens with zero attached hydrogens (tertiary/aromatic N) is 7. The highest BCUT2D eigenvalue weighted by Gasteiger charge is 2.42. The third-order valence-corrected chi connectivity index (χ3v) is 9.12. The zero-order valence-corrected chi connectivity index (χ0v) is 27.1. The number of rotatable bonds is 8. The molecule has 3 aromatic rings. The van der Waals surface area contributed by atoms with E-state index < -0.39 is 23.7 Å². The van der Waals surface area contributed by atoms with Crippen molar-refractivity contribution in [1.82, 2.24) is 33.9 Å². The summed E-state index contributed by atoms with van der Waals surface area (Å²) in [6.45, 7) is 5.51. The Hall–Kier alpha value is -3.36. The maximum absolute atomic E-state index is 13.3. The standard InChI is InChI=1S/C16H22F3N3O.C15H16ClF3N4O/c1-2-5-11-8-14(23)21(9-11)10-12-15(16(17,18)19)20-13-6-3-4-7-22(12)13;1-2-3-9-6-13(24)22(7-9)8-10-14(15(17,18)19)20-12-5-4-11(16)21-23(10)12/h11H,2-10H2,1H3;4-5,9H,2-3,6-8H2,1H3. The van der Waals surface area contributed by atoms with E-state index in [1.54, 1.807) is 9.47 Å². The summed E-state index contributed by atoms with van der Waals surface area (Å²) in [6.07, 6.45) is -2.20. The van der Waals surface area contributed by atoms with Crippen LogP contribution in [0.1, 0.15) is 93.8 Å². The fourth-order valence-electron chi connectivity index (χ4n) is 6.84. The number of likely N-dealkylation sites (tertiary alicyclic amines) is 2. The summed E-state index contributed by atoms with van der Waals surface area (Å²) < 4.78 is 82.7. The number of aryl methyl sites for hydroxylation is 1. The van der Waals surface area contributed by atoms with E-state index in [2.05, 4.69) is 22.0 Å². The number of fused-ring (bicyclic) bond motifs is 2. The number of halogens is 7. The lowest BCUT2D eigenvalue weighted by Crippen LogP contribution is -2.28. The Bertz CT molecular complexity index is 1600. The second-order valence-electron chi connectivity index (χ2n) is 12.5. The van der Waals surface area contributed by atoms with Crippen LogP contribution < -0.4 is 0 Å². The van der Waals surface area contributed by atoms with E-state index in [9.17, 15) is 35.9 Å². The summed E-state index contributed by atoms with van der Waals surface area (Å²) in [4.78, 5) is 34.7. The third kappa shape index (κ3) is 7.86. The molecular formula is C31H38ClF6N7O2. The fraction of sp³-hybridized carbons (Fsp3) is 0.645. The molecule has 0 aromatic carbocycles. The highest BCUT2D eigenvalue weighted by Crippen LogP contribution is 2.36. The lowest BCUT2D eigenvalue weighted by atomic mass is 10.0. The molecule has 0 spiro atoms. The number of hydrogen-bond acceptors (Lipinski definition) is 5. The zero-order chi connectivity index (χ0) is 34.1. The first-order valence-electron chi connectivity index (χ1n) is 16.0.